The van der Waals surface area contributed by atoms with Crippen molar-refractivity contribution in [3.8, 4) is 5.75 Å². The zero-order valence-electron chi connectivity index (χ0n) is 18.3. The molecule has 1 N–H and O–H groups in total. The maximum Gasteiger partial charge on any atom is 0.194 e. The lowest BCUT2D eigenvalue weighted by Crippen LogP contribution is -2.43. The average molecular weight is 514 g/mol. The van der Waals surface area contributed by atoms with Crippen LogP contribution in [0.2, 0.25) is 0 Å². The SMILES string of the molecule is CCOc1ccc(CN(C)C(=NCCn2cnnc2CC)NC(C)CC)cc1.I. The van der Waals surface area contributed by atoms with Crippen LogP contribution in [0.4, 0.5) is 0 Å². The molecule has 0 aliphatic carbocycles. The molecule has 1 aromatic heterocycles. The van der Waals surface area contributed by atoms with Gasteiger partial charge in [-0.3, -0.25) is 4.99 Å². The van der Waals surface area contributed by atoms with Gasteiger partial charge >= 0.3 is 0 Å². The van der Waals surface area contributed by atoms with Crippen LogP contribution in [0, 0.1) is 0 Å². The van der Waals surface area contributed by atoms with Crippen molar-refractivity contribution >= 4 is 29.9 Å². The molecule has 0 amide bonds. The first kappa shape index (κ1) is 25.2. The number of halogens is 1. The number of nitrogens with zero attached hydrogens (tertiary/aromatic N) is 5. The van der Waals surface area contributed by atoms with Gasteiger partial charge in [0.15, 0.2) is 5.96 Å². The van der Waals surface area contributed by atoms with Crippen LogP contribution in [0.1, 0.15) is 45.5 Å². The maximum absolute atomic E-state index is 5.53. The summed E-state index contributed by atoms with van der Waals surface area (Å²) in [4.78, 5) is 7.00. The molecule has 1 aromatic carbocycles. The predicted octanol–water partition coefficient (Wildman–Crippen LogP) is 3.73. The number of guanidine groups is 1. The summed E-state index contributed by atoms with van der Waals surface area (Å²) in [6, 6.07) is 8.61. The quantitative estimate of drug-likeness (QED) is 0.297. The smallest absolute Gasteiger partial charge is 0.194 e. The molecule has 1 atom stereocenters. The van der Waals surface area contributed by atoms with Crippen LogP contribution >= 0.6 is 24.0 Å². The maximum atomic E-state index is 5.53. The average Bonchev–Trinajstić information content (AvgIpc) is 3.16. The van der Waals surface area contributed by atoms with Gasteiger partial charge in [-0.05, 0) is 38.0 Å². The molecule has 0 saturated carbocycles. The summed E-state index contributed by atoms with van der Waals surface area (Å²) in [5.74, 6) is 2.81. The summed E-state index contributed by atoms with van der Waals surface area (Å²) >= 11 is 0. The van der Waals surface area contributed by atoms with Crippen molar-refractivity contribution in [1.82, 2.24) is 25.0 Å². The molecule has 7 nitrogen and oxygen atoms in total. The third-order valence-corrected chi connectivity index (χ3v) is 4.62. The molecule has 0 spiro atoms. The number of aryl methyl sites for hydroxylation is 1. The number of nitrogens with one attached hydrogen (secondary N) is 1. The Labute approximate surface area is 192 Å². The van der Waals surface area contributed by atoms with E-state index in [1.807, 2.05) is 19.1 Å². The summed E-state index contributed by atoms with van der Waals surface area (Å²) < 4.78 is 7.59. The molecule has 0 aliphatic rings. The van der Waals surface area contributed by atoms with Gasteiger partial charge in [0.2, 0.25) is 0 Å². The van der Waals surface area contributed by atoms with Crippen LogP contribution in [0.3, 0.4) is 0 Å². The molecule has 0 aliphatic heterocycles. The third kappa shape index (κ3) is 8.20. The Kier molecular flexibility index (Phi) is 11.6. The van der Waals surface area contributed by atoms with Crippen LogP contribution in [0.5, 0.6) is 5.75 Å². The first-order valence-electron chi connectivity index (χ1n) is 10.2. The highest BCUT2D eigenvalue weighted by Crippen LogP contribution is 2.13. The van der Waals surface area contributed by atoms with E-state index in [1.165, 1.54) is 5.56 Å². The van der Waals surface area contributed by atoms with Crippen molar-refractivity contribution < 1.29 is 4.74 Å². The van der Waals surface area contributed by atoms with E-state index in [0.717, 1.165) is 43.5 Å². The Morgan fingerprint density at radius 3 is 2.59 bits per heavy atom. The van der Waals surface area contributed by atoms with Gasteiger partial charge in [0.05, 0.1) is 13.2 Å². The second kappa shape index (κ2) is 13.4. The molecule has 0 fully saturated rings. The number of rotatable bonds is 10. The number of hydrogen-bond acceptors (Lipinski definition) is 4. The van der Waals surface area contributed by atoms with Crippen molar-refractivity contribution in [2.24, 2.45) is 4.99 Å². The number of benzene rings is 1. The Bertz CT molecular complexity index is 731. The van der Waals surface area contributed by atoms with E-state index in [9.17, 15) is 0 Å². The highest BCUT2D eigenvalue weighted by atomic mass is 127. The summed E-state index contributed by atoms with van der Waals surface area (Å²) in [5.41, 5.74) is 1.22. The third-order valence-electron chi connectivity index (χ3n) is 4.62. The fourth-order valence-electron chi connectivity index (χ4n) is 2.81. The van der Waals surface area contributed by atoms with Crippen LogP contribution < -0.4 is 10.1 Å². The van der Waals surface area contributed by atoms with E-state index in [-0.39, 0.29) is 24.0 Å². The molecule has 2 rings (SSSR count). The second-order valence-corrected chi connectivity index (χ2v) is 6.89. The molecule has 8 heteroatoms. The lowest BCUT2D eigenvalue weighted by molar-refractivity contribution is 0.340. The molecule has 2 aromatic rings. The van der Waals surface area contributed by atoms with E-state index in [0.29, 0.717) is 19.2 Å². The molecular formula is C21H35IN6O. The lowest BCUT2D eigenvalue weighted by atomic mass is 10.2. The summed E-state index contributed by atoms with van der Waals surface area (Å²) in [7, 11) is 2.07. The fraction of sp³-hybridized carbons (Fsp3) is 0.571. The van der Waals surface area contributed by atoms with Gasteiger partial charge < -0.3 is 19.5 Å². The van der Waals surface area contributed by atoms with Crippen molar-refractivity contribution in [1.29, 1.82) is 0 Å². The van der Waals surface area contributed by atoms with Crippen molar-refractivity contribution in [2.75, 3.05) is 20.2 Å². The Morgan fingerprint density at radius 2 is 1.97 bits per heavy atom. The van der Waals surface area contributed by atoms with Gasteiger partial charge in [-0.15, -0.1) is 34.2 Å². The first-order chi connectivity index (χ1) is 13.6. The van der Waals surface area contributed by atoms with Crippen LogP contribution in [0.25, 0.3) is 0 Å². The molecule has 29 heavy (non-hydrogen) atoms. The minimum absolute atomic E-state index is 0. The van der Waals surface area contributed by atoms with E-state index < -0.39 is 0 Å². The van der Waals surface area contributed by atoms with Gasteiger partial charge in [0, 0.05) is 32.6 Å². The van der Waals surface area contributed by atoms with Crippen molar-refractivity contribution in [3.63, 3.8) is 0 Å². The van der Waals surface area contributed by atoms with Gasteiger partial charge in [0.25, 0.3) is 0 Å². The van der Waals surface area contributed by atoms with Gasteiger partial charge in [-0.2, -0.15) is 0 Å². The Morgan fingerprint density at radius 1 is 1.24 bits per heavy atom. The number of ether oxygens (including phenoxy) is 1. The summed E-state index contributed by atoms with van der Waals surface area (Å²) in [6.07, 6.45) is 3.69. The zero-order valence-corrected chi connectivity index (χ0v) is 20.6. The molecule has 0 bridgehead atoms. The molecule has 1 heterocycles. The minimum Gasteiger partial charge on any atom is -0.494 e. The normalized spacial score (nSPS) is 12.2. The molecular weight excluding hydrogens is 479 g/mol. The van der Waals surface area contributed by atoms with Crippen LogP contribution in [-0.2, 0) is 19.5 Å². The lowest BCUT2D eigenvalue weighted by Gasteiger charge is -2.25. The van der Waals surface area contributed by atoms with Gasteiger partial charge in [-0.1, -0.05) is 26.0 Å². The van der Waals surface area contributed by atoms with E-state index in [1.54, 1.807) is 6.33 Å². The van der Waals surface area contributed by atoms with E-state index in [4.69, 9.17) is 9.73 Å². The standard InChI is InChI=1S/C21H34N6O.HI/c1-6-17(4)24-21(22-13-14-27-16-23-25-20(27)7-2)26(5)15-18-9-11-19(12-10-18)28-8-3;/h9-12,16-17H,6-8,13-15H2,1-5H3,(H,22,24);1H. The number of aliphatic imine (C=N–C) groups is 1. The van der Waals surface area contributed by atoms with Gasteiger partial charge in [0.1, 0.15) is 17.9 Å². The minimum atomic E-state index is 0. The Hall–Kier alpha value is -1.84. The van der Waals surface area contributed by atoms with E-state index in [2.05, 4.69) is 64.9 Å². The predicted molar refractivity (Wildman–Crippen MR) is 129 cm³/mol. The van der Waals surface area contributed by atoms with Gasteiger partial charge in [-0.25, -0.2) is 0 Å². The molecule has 1 unspecified atom stereocenters. The second-order valence-electron chi connectivity index (χ2n) is 6.89. The highest BCUT2D eigenvalue weighted by Gasteiger charge is 2.10. The fourth-order valence-corrected chi connectivity index (χ4v) is 2.81. The van der Waals surface area contributed by atoms with Crippen LogP contribution in [-0.4, -0.2) is 51.9 Å². The van der Waals surface area contributed by atoms with Crippen molar-refractivity contribution in [2.45, 2.75) is 59.7 Å². The largest absolute Gasteiger partial charge is 0.494 e. The molecule has 0 radical (unpaired) electrons. The van der Waals surface area contributed by atoms with Crippen LogP contribution in [0.15, 0.2) is 35.6 Å². The van der Waals surface area contributed by atoms with Crippen molar-refractivity contribution in [3.05, 3.63) is 42.0 Å². The zero-order chi connectivity index (χ0) is 20.4. The summed E-state index contributed by atoms with van der Waals surface area (Å²) in [5, 5.41) is 11.7. The number of hydrogen-bond donors (Lipinski definition) is 1. The number of aromatic nitrogens is 3. The first-order valence-corrected chi connectivity index (χ1v) is 10.2. The Balaban J connectivity index is 0.00000420. The van der Waals surface area contributed by atoms with E-state index >= 15 is 0 Å². The highest BCUT2D eigenvalue weighted by molar-refractivity contribution is 14.0. The molecule has 162 valence electrons. The monoisotopic (exact) mass is 514 g/mol. The molecule has 0 saturated heterocycles. The topological polar surface area (TPSA) is 67.6 Å². The summed E-state index contributed by atoms with van der Waals surface area (Å²) in [6.45, 7) is 11.3.